The SMILES string of the molecule is O=C(CCC1CC1)N1CCN(Cc2ccncc2)[C@@H]2CS(=O)(=O)C[C@@H]21. The molecule has 0 bridgehead atoms. The van der Waals surface area contributed by atoms with Crippen molar-refractivity contribution in [2.45, 2.75) is 44.3 Å². The van der Waals surface area contributed by atoms with Gasteiger partial charge in [-0.15, -0.1) is 0 Å². The summed E-state index contributed by atoms with van der Waals surface area (Å²) in [5.41, 5.74) is 1.13. The van der Waals surface area contributed by atoms with Crippen LogP contribution in [-0.2, 0) is 21.2 Å². The van der Waals surface area contributed by atoms with Crippen LogP contribution in [-0.4, -0.2) is 65.8 Å². The largest absolute Gasteiger partial charge is 0.336 e. The Morgan fingerprint density at radius 2 is 1.84 bits per heavy atom. The van der Waals surface area contributed by atoms with E-state index < -0.39 is 9.84 Å². The van der Waals surface area contributed by atoms with E-state index in [1.54, 1.807) is 12.4 Å². The molecule has 3 aliphatic rings. The van der Waals surface area contributed by atoms with E-state index in [4.69, 9.17) is 0 Å². The van der Waals surface area contributed by atoms with Crippen LogP contribution < -0.4 is 0 Å². The van der Waals surface area contributed by atoms with E-state index in [9.17, 15) is 13.2 Å². The van der Waals surface area contributed by atoms with Gasteiger partial charge in [0.05, 0.1) is 17.5 Å². The smallest absolute Gasteiger partial charge is 0.222 e. The van der Waals surface area contributed by atoms with E-state index in [2.05, 4.69) is 9.88 Å². The van der Waals surface area contributed by atoms with Crippen molar-refractivity contribution in [3.8, 4) is 0 Å². The lowest BCUT2D eigenvalue weighted by Gasteiger charge is -2.44. The van der Waals surface area contributed by atoms with E-state index >= 15 is 0 Å². The van der Waals surface area contributed by atoms with Gasteiger partial charge in [-0.05, 0) is 30.0 Å². The first kappa shape index (κ1) is 17.0. The number of nitrogens with zero attached hydrogens (tertiary/aromatic N) is 3. The predicted molar refractivity (Wildman–Crippen MR) is 94.5 cm³/mol. The van der Waals surface area contributed by atoms with E-state index in [1.165, 1.54) is 12.8 Å². The van der Waals surface area contributed by atoms with Crippen molar-refractivity contribution in [3.05, 3.63) is 30.1 Å². The quantitative estimate of drug-likeness (QED) is 0.783. The molecule has 0 N–H and O–H groups in total. The molecule has 136 valence electrons. The Hall–Kier alpha value is -1.47. The van der Waals surface area contributed by atoms with Crippen LogP contribution in [0.4, 0.5) is 0 Å². The number of rotatable bonds is 5. The van der Waals surface area contributed by atoms with Gasteiger partial charge in [0.2, 0.25) is 5.91 Å². The molecule has 0 radical (unpaired) electrons. The lowest BCUT2D eigenvalue weighted by atomic mass is 10.0. The summed E-state index contributed by atoms with van der Waals surface area (Å²) in [5.74, 6) is 1.14. The van der Waals surface area contributed by atoms with Gasteiger partial charge in [0.25, 0.3) is 0 Å². The normalized spacial score (nSPS) is 28.7. The fourth-order valence-electron chi connectivity index (χ4n) is 4.13. The van der Waals surface area contributed by atoms with Crippen molar-refractivity contribution >= 4 is 15.7 Å². The highest BCUT2D eigenvalue weighted by Gasteiger charge is 2.47. The molecular formula is C18H25N3O3S. The standard InChI is InChI=1S/C18H25N3O3S/c22-18(4-3-14-1-2-14)21-10-9-20(11-15-5-7-19-8-6-15)16-12-25(23,24)13-17(16)21/h5-8,14,16-17H,1-4,9-13H2/t16-,17+/m1/s1. The Balaban J connectivity index is 1.48. The van der Waals surface area contributed by atoms with Crippen LogP contribution in [0.1, 0.15) is 31.2 Å². The third-order valence-corrected chi connectivity index (χ3v) is 7.41. The predicted octanol–water partition coefficient (Wildman–Crippen LogP) is 1.08. The van der Waals surface area contributed by atoms with Crippen LogP contribution in [0.2, 0.25) is 0 Å². The molecule has 6 nitrogen and oxygen atoms in total. The highest BCUT2D eigenvalue weighted by Crippen LogP contribution is 2.34. The highest BCUT2D eigenvalue weighted by atomic mass is 32.2. The van der Waals surface area contributed by atoms with Gasteiger partial charge in [0.15, 0.2) is 9.84 Å². The number of sulfone groups is 1. The molecule has 2 saturated heterocycles. The van der Waals surface area contributed by atoms with Crippen molar-refractivity contribution in [1.29, 1.82) is 0 Å². The Bertz CT molecular complexity index is 733. The van der Waals surface area contributed by atoms with E-state index in [0.29, 0.717) is 19.5 Å². The van der Waals surface area contributed by atoms with Crippen LogP contribution in [0, 0.1) is 5.92 Å². The van der Waals surface area contributed by atoms with Gasteiger partial charge in [-0.2, -0.15) is 0 Å². The second-order valence-electron chi connectivity index (χ2n) is 7.61. The van der Waals surface area contributed by atoms with Crippen LogP contribution in [0.25, 0.3) is 0 Å². The van der Waals surface area contributed by atoms with E-state index in [-0.39, 0.29) is 29.5 Å². The summed E-state index contributed by atoms with van der Waals surface area (Å²) in [7, 11) is -3.09. The number of piperazine rings is 1. The molecule has 1 aromatic rings. The van der Waals surface area contributed by atoms with Crippen molar-refractivity contribution in [2.24, 2.45) is 5.92 Å². The summed E-state index contributed by atoms with van der Waals surface area (Å²) in [6.45, 7) is 2.07. The molecule has 0 spiro atoms. The molecule has 1 aliphatic carbocycles. The molecule has 1 aromatic heterocycles. The summed E-state index contributed by atoms with van der Waals surface area (Å²) < 4.78 is 24.5. The van der Waals surface area contributed by atoms with Crippen LogP contribution in [0.15, 0.2) is 24.5 Å². The number of hydrogen-bond acceptors (Lipinski definition) is 5. The number of aromatic nitrogens is 1. The Labute approximate surface area is 149 Å². The summed E-state index contributed by atoms with van der Waals surface area (Å²) in [6, 6.07) is 3.65. The van der Waals surface area contributed by atoms with Crippen molar-refractivity contribution in [3.63, 3.8) is 0 Å². The zero-order valence-electron chi connectivity index (χ0n) is 14.4. The average Bonchev–Trinajstić information content (AvgIpc) is 3.35. The van der Waals surface area contributed by atoms with Gasteiger partial charge in [0.1, 0.15) is 0 Å². The summed E-state index contributed by atoms with van der Waals surface area (Å²) in [6.07, 6.45) is 7.53. The number of carbonyl (C=O) groups is 1. The first-order valence-electron chi connectivity index (χ1n) is 9.15. The molecule has 1 amide bonds. The maximum absolute atomic E-state index is 12.7. The number of pyridine rings is 1. The Morgan fingerprint density at radius 1 is 1.12 bits per heavy atom. The molecule has 1 saturated carbocycles. The minimum Gasteiger partial charge on any atom is -0.336 e. The topological polar surface area (TPSA) is 70.6 Å². The van der Waals surface area contributed by atoms with Gasteiger partial charge in [-0.1, -0.05) is 12.8 Å². The van der Waals surface area contributed by atoms with Crippen molar-refractivity contribution < 1.29 is 13.2 Å². The first-order valence-corrected chi connectivity index (χ1v) is 11.0. The molecule has 0 unspecified atom stereocenters. The molecular weight excluding hydrogens is 338 g/mol. The zero-order chi connectivity index (χ0) is 17.4. The number of hydrogen-bond donors (Lipinski definition) is 0. The number of amides is 1. The molecule has 0 aromatic carbocycles. The molecule has 2 atom stereocenters. The van der Waals surface area contributed by atoms with E-state index in [1.807, 2.05) is 17.0 Å². The zero-order valence-corrected chi connectivity index (χ0v) is 15.2. The van der Waals surface area contributed by atoms with Gasteiger partial charge >= 0.3 is 0 Å². The maximum Gasteiger partial charge on any atom is 0.222 e. The van der Waals surface area contributed by atoms with Crippen molar-refractivity contribution in [2.75, 3.05) is 24.6 Å². The lowest BCUT2D eigenvalue weighted by molar-refractivity contribution is -0.137. The number of carbonyl (C=O) groups excluding carboxylic acids is 1. The lowest BCUT2D eigenvalue weighted by Crippen LogP contribution is -2.60. The molecule has 2 aliphatic heterocycles. The third kappa shape index (κ3) is 3.87. The van der Waals surface area contributed by atoms with Crippen LogP contribution >= 0.6 is 0 Å². The summed E-state index contributed by atoms with van der Waals surface area (Å²) >= 11 is 0. The van der Waals surface area contributed by atoms with Crippen molar-refractivity contribution in [1.82, 2.24) is 14.8 Å². The van der Waals surface area contributed by atoms with E-state index in [0.717, 1.165) is 24.4 Å². The van der Waals surface area contributed by atoms with Crippen LogP contribution in [0.3, 0.4) is 0 Å². The molecule has 3 heterocycles. The number of fused-ring (bicyclic) bond motifs is 1. The first-order chi connectivity index (χ1) is 12.0. The second-order valence-corrected chi connectivity index (χ2v) is 9.76. The second kappa shape index (κ2) is 6.68. The monoisotopic (exact) mass is 363 g/mol. The molecule has 7 heteroatoms. The molecule has 3 fully saturated rings. The van der Waals surface area contributed by atoms with Gasteiger partial charge < -0.3 is 4.90 Å². The Kier molecular flexibility index (Phi) is 4.54. The molecule has 25 heavy (non-hydrogen) atoms. The minimum absolute atomic E-state index is 0.0863. The van der Waals surface area contributed by atoms with Gasteiger partial charge in [-0.25, -0.2) is 8.42 Å². The summed E-state index contributed by atoms with van der Waals surface area (Å²) in [5, 5.41) is 0. The van der Waals surface area contributed by atoms with Gasteiger partial charge in [-0.3, -0.25) is 14.7 Å². The molecule has 4 rings (SSSR count). The maximum atomic E-state index is 12.7. The minimum atomic E-state index is -3.09. The Morgan fingerprint density at radius 3 is 2.56 bits per heavy atom. The fourth-order valence-corrected chi connectivity index (χ4v) is 6.14. The summed E-state index contributed by atoms with van der Waals surface area (Å²) in [4.78, 5) is 20.8. The average molecular weight is 363 g/mol. The highest BCUT2D eigenvalue weighted by molar-refractivity contribution is 7.91. The van der Waals surface area contributed by atoms with Crippen LogP contribution in [0.5, 0.6) is 0 Å². The fraction of sp³-hybridized carbons (Fsp3) is 0.667. The third-order valence-electron chi connectivity index (χ3n) is 5.71. The van der Waals surface area contributed by atoms with Gasteiger partial charge in [0, 0.05) is 44.5 Å².